The van der Waals surface area contributed by atoms with E-state index in [0.717, 1.165) is 6.42 Å². The number of hydrogen-bond acceptors (Lipinski definition) is 1. The molecule has 0 aliphatic rings. The molecule has 0 saturated heterocycles. The predicted octanol–water partition coefficient (Wildman–Crippen LogP) is 2.83. The molecule has 0 atom stereocenters. The van der Waals surface area contributed by atoms with Gasteiger partial charge >= 0.3 is 0 Å². The first-order valence-corrected chi connectivity index (χ1v) is 3.67. The zero-order chi connectivity index (χ0) is 6.24. The quantitative estimate of drug-likeness (QED) is 0.406. The van der Waals surface area contributed by atoms with Gasteiger partial charge in [0.1, 0.15) is 0 Å². The van der Waals surface area contributed by atoms with Crippen LogP contribution in [-0.4, -0.2) is 5.37 Å². The van der Waals surface area contributed by atoms with E-state index in [9.17, 15) is 0 Å². The molecular formula is C7H13S. The number of hydrogen-bond donors (Lipinski definition) is 0. The van der Waals surface area contributed by atoms with E-state index >= 15 is 0 Å². The fraction of sp³-hybridized carbons (Fsp3) is 0.857. The average molecular weight is 129 g/mol. The summed E-state index contributed by atoms with van der Waals surface area (Å²) in [6.45, 7) is 2.21. The fourth-order valence-corrected chi connectivity index (χ4v) is 0.768. The lowest BCUT2D eigenvalue weighted by Crippen LogP contribution is -1.74. The van der Waals surface area contributed by atoms with Crippen molar-refractivity contribution in [1.29, 1.82) is 0 Å². The third-order valence-electron chi connectivity index (χ3n) is 1.13. The van der Waals surface area contributed by atoms with Gasteiger partial charge in [-0.15, -0.1) is 0 Å². The van der Waals surface area contributed by atoms with Gasteiger partial charge in [-0.3, -0.25) is 0 Å². The van der Waals surface area contributed by atoms with E-state index in [1.165, 1.54) is 25.7 Å². The normalized spacial score (nSPS) is 9.12. The van der Waals surface area contributed by atoms with Crippen molar-refractivity contribution < 1.29 is 0 Å². The summed E-state index contributed by atoms with van der Waals surface area (Å²) in [7, 11) is 0. The Labute approximate surface area is 57.3 Å². The van der Waals surface area contributed by atoms with Crippen molar-refractivity contribution >= 4 is 17.6 Å². The third-order valence-corrected chi connectivity index (χ3v) is 1.34. The Morgan fingerprint density at radius 2 is 2.00 bits per heavy atom. The highest BCUT2D eigenvalue weighted by atomic mass is 32.1. The molecule has 0 fully saturated rings. The highest BCUT2D eigenvalue weighted by Gasteiger charge is 1.82. The van der Waals surface area contributed by atoms with E-state index in [1.54, 1.807) is 0 Å². The first-order valence-electron chi connectivity index (χ1n) is 3.26. The zero-order valence-electron chi connectivity index (χ0n) is 5.44. The minimum atomic E-state index is 0.995. The molecular weight excluding hydrogens is 116 g/mol. The molecule has 0 aliphatic carbocycles. The van der Waals surface area contributed by atoms with E-state index in [0.29, 0.717) is 0 Å². The second-order valence-electron chi connectivity index (χ2n) is 1.95. The van der Waals surface area contributed by atoms with E-state index in [2.05, 4.69) is 24.5 Å². The van der Waals surface area contributed by atoms with Gasteiger partial charge in [0.2, 0.25) is 0 Å². The van der Waals surface area contributed by atoms with Crippen LogP contribution in [0.5, 0.6) is 0 Å². The molecule has 1 radical (unpaired) electrons. The lowest BCUT2D eigenvalue weighted by molar-refractivity contribution is 0.687. The van der Waals surface area contributed by atoms with Crippen LogP contribution >= 0.6 is 12.2 Å². The van der Waals surface area contributed by atoms with Crippen molar-refractivity contribution in [3.8, 4) is 0 Å². The number of thiocarbonyl (C=S) groups is 1. The van der Waals surface area contributed by atoms with Crippen LogP contribution < -0.4 is 0 Å². The Hall–Kier alpha value is 0.0900. The minimum absolute atomic E-state index is 0.995. The summed E-state index contributed by atoms with van der Waals surface area (Å²) in [4.78, 5) is 0. The molecule has 0 aliphatic heterocycles. The standard InChI is InChI=1S/C7H13S/c1-2-3-4-5-6-7-8/h2-6H2,1H3. The molecule has 0 bridgehead atoms. The molecule has 0 aromatic heterocycles. The lowest BCUT2D eigenvalue weighted by atomic mass is 10.2. The molecule has 0 N–H and O–H groups in total. The Kier molecular flexibility index (Phi) is 7.17. The van der Waals surface area contributed by atoms with Crippen LogP contribution in [0.15, 0.2) is 0 Å². The van der Waals surface area contributed by atoms with Crippen molar-refractivity contribution in [2.24, 2.45) is 0 Å². The molecule has 0 spiro atoms. The molecule has 0 saturated carbocycles. The van der Waals surface area contributed by atoms with Crippen molar-refractivity contribution in [2.75, 3.05) is 0 Å². The number of unbranched alkanes of at least 4 members (excludes halogenated alkanes) is 4. The third kappa shape index (κ3) is 6.09. The van der Waals surface area contributed by atoms with E-state index in [1.807, 2.05) is 0 Å². The summed E-state index contributed by atoms with van der Waals surface area (Å²) in [5.74, 6) is 0. The van der Waals surface area contributed by atoms with Crippen molar-refractivity contribution in [2.45, 2.75) is 39.0 Å². The summed E-state index contributed by atoms with van der Waals surface area (Å²) in [6, 6.07) is 0. The van der Waals surface area contributed by atoms with Crippen molar-refractivity contribution in [1.82, 2.24) is 0 Å². The summed E-state index contributed by atoms with van der Waals surface area (Å²) in [5.41, 5.74) is 0. The van der Waals surface area contributed by atoms with Gasteiger partial charge in [0.05, 0.1) is 0 Å². The molecule has 0 amide bonds. The molecule has 0 rings (SSSR count). The number of rotatable bonds is 5. The van der Waals surface area contributed by atoms with Crippen molar-refractivity contribution in [3.05, 3.63) is 0 Å². The predicted molar refractivity (Wildman–Crippen MR) is 41.4 cm³/mol. The fourth-order valence-electron chi connectivity index (χ4n) is 0.624. The summed E-state index contributed by atoms with van der Waals surface area (Å²) >= 11 is 4.55. The second-order valence-corrected chi connectivity index (χ2v) is 2.24. The Bertz CT molecular complexity index is 50.3. The summed E-state index contributed by atoms with van der Waals surface area (Å²) in [6.07, 6.45) is 6.20. The molecule has 0 unspecified atom stereocenters. The second kappa shape index (κ2) is 7.09. The van der Waals surface area contributed by atoms with E-state index in [4.69, 9.17) is 0 Å². The smallest absolute Gasteiger partial charge is 0.0291 e. The molecule has 0 aromatic rings. The van der Waals surface area contributed by atoms with Gasteiger partial charge in [-0.05, 0) is 12.8 Å². The Morgan fingerprint density at radius 3 is 2.50 bits per heavy atom. The van der Waals surface area contributed by atoms with Gasteiger partial charge in [-0.1, -0.05) is 38.4 Å². The van der Waals surface area contributed by atoms with Gasteiger partial charge in [0.25, 0.3) is 0 Å². The largest absolute Gasteiger partial charge is 0.0837 e. The van der Waals surface area contributed by atoms with Crippen LogP contribution in [0, 0.1) is 0 Å². The molecule has 1 heteroatoms. The molecule has 8 heavy (non-hydrogen) atoms. The van der Waals surface area contributed by atoms with Gasteiger partial charge in [-0.25, -0.2) is 0 Å². The van der Waals surface area contributed by atoms with Gasteiger partial charge < -0.3 is 0 Å². The average Bonchev–Trinajstić information content (AvgIpc) is 1.81. The molecule has 0 nitrogen and oxygen atoms in total. The van der Waals surface area contributed by atoms with Gasteiger partial charge in [-0.2, -0.15) is 0 Å². The maximum absolute atomic E-state index is 4.55. The van der Waals surface area contributed by atoms with Crippen LogP contribution in [0.2, 0.25) is 0 Å². The minimum Gasteiger partial charge on any atom is -0.0837 e. The van der Waals surface area contributed by atoms with Crippen LogP contribution in [0.4, 0.5) is 0 Å². The maximum atomic E-state index is 4.55. The summed E-state index contributed by atoms with van der Waals surface area (Å²) < 4.78 is 0. The Balaban J connectivity index is 2.62. The first-order chi connectivity index (χ1) is 3.91. The van der Waals surface area contributed by atoms with Gasteiger partial charge in [0, 0.05) is 5.37 Å². The SMILES string of the molecule is CCCCCC[C]=S. The van der Waals surface area contributed by atoms with Gasteiger partial charge in [0.15, 0.2) is 0 Å². The lowest BCUT2D eigenvalue weighted by Gasteiger charge is -1.90. The van der Waals surface area contributed by atoms with E-state index in [-0.39, 0.29) is 0 Å². The molecule has 0 heterocycles. The maximum Gasteiger partial charge on any atom is 0.0291 e. The van der Waals surface area contributed by atoms with E-state index < -0.39 is 0 Å². The topological polar surface area (TPSA) is 0 Å². The monoisotopic (exact) mass is 129 g/mol. The zero-order valence-corrected chi connectivity index (χ0v) is 6.26. The van der Waals surface area contributed by atoms with Crippen LogP contribution in [0.3, 0.4) is 0 Å². The van der Waals surface area contributed by atoms with Crippen LogP contribution in [0.25, 0.3) is 0 Å². The highest BCUT2D eigenvalue weighted by molar-refractivity contribution is 7.78. The van der Waals surface area contributed by atoms with Crippen LogP contribution in [0.1, 0.15) is 39.0 Å². The molecule has 0 aromatic carbocycles. The van der Waals surface area contributed by atoms with Crippen LogP contribution in [-0.2, 0) is 0 Å². The Morgan fingerprint density at radius 1 is 1.25 bits per heavy atom. The first kappa shape index (κ1) is 8.09. The summed E-state index contributed by atoms with van der Waals surface area (Å²) in [5, 5.41) is 2.71. The molecule has 47 valence electrons. The highest BCUT2D eigenvalue weighted by Crippen LogP contribution is 1.99. The van der Waals surface area contributed by atoms with Crippen molar-refractivity contribution in [3.63, 3.8) is 0 Å².